The molecule has 0 spiro atoms. The van der Waals surface area contributed by atoms with Crippen molar-refractivity contribution in [2.75, 3.05) is 0 Å². The first-order chi connectivity index (χ1) is 1.41. The summed E-state index contributed by atoms with van der Waals surface area (Å²) in [5.74, 6) is 0. The molecule has 4 heteroatoms. The van der Waals surface area contributed by atoms with Gasteiger partial charge in [-0.2, -0.15) is 3.84 Å². The number of rotatable bonds is 0. The monoisotopic (exact) mass is 324 g/mol. The van der Waals surface area contributed by atoms with Crippen molar-refractivity contribution in [1.29, 1.82) is 0 Å². The molecule has 0 rings (SSSR count). The van der Waals surface area contributed by atoms with Crippen LogP contribution in [-0.4, -0.2) is 0 Å². The summed E-state index contributed by atoms with van der Waals surface area (Å²) in [7, 11) is 0. The first kappa shape index (κ1) is 9.11. The molecule has 0 N–H and O–H groups in total. The average molecular weight is 331 g/mol. The SMILES string of the molecule is ClOCl.[Pu]. The Hall–Kier alpha value is 1.53. The van der Waals surface area contributed by atoms with Gasteiger partial charge in [0.15, 0.2) is 0 Å². The van der Waals surface area contributed by atoms with E-state index >= 15 is 0 Å². The van der Waals surface area contributed by atoms with Crippen molar-refractivity contribution in [2.24, 2.45) is 0 Å². The molecule has 0 unspecified atom stereocenters. The van der Waals surface area contributed by atoms with Crippen LogP contribution in [-0.2, 0) is 3.84 Å². The molecule has 0 aromatic rings. The van der Waals surface area contributed by atoms with Gasteiger partial charge >= 0.3 is 0 Å². The zero-order chi connectivity index (χ0) is 2.71. The van der Waals surface area contributed by atoms with E-state index in [0.29, 0.717) is 0 Å². The molecule has 26 valence electrons. The van der Waals surface area contributed by atoms with Crippen molar-refractivity contribution in [3.63, 3.8) is 0 Å². The van der Waals surface area contributed by atoms with Gasteiger partial charge in [-0.1, -0.05) is 0 Å². The van der Waals surface area contributed by atoms with Gasteiger partial charge in [0.05, 0.1) is 23.7 Å². The third-order valence-electron chi connectivity index (χ3n) is 0. The molecule has 0 heterocycles. The van der Waals surface area contributed by atoms with Gasteiger partial charge in [0.25, 0.3) is 0 Å². The molecule has 0 saturated heterocycles. The van der Waals surface area contributed by atoms with Crippen molar-refractivity contribution < 1.29 is 33.0 Å². The van der Waals surface area contributed by atoms with E-state index in [1.807, 2.05) is 0 Å². The summed E-state index contributed by atoms with van der Waals surface area (Å²) in [6.07, 6.45) is 0. The predicted molar refractivity (Wildman–Crippen MR) is 12.8 cm³/mol. The summed E-state index contributed by atoms with van der Waals surface area (Å²) in [4.78, 5) is 0. The van der Waals surface area contributed by atoms with E-state index in [1.54, 1.807) is 0 Å². The Morgan fingerprint density at radius 1 is 1.25 bits per heavy atom. The quantitative estimate of drug-likeness (QED) is 0.651. The molecule has 0 aliphatic carbocycles. The summed E-state index contributed by atoms with van der Waals surface area (Å²) in [6.45, 7) is 0. The zero-order valence-corrected chi connectivity index (χ0v) is 6.48. The minimum Gasteiger partial charge on any atom is -0.166 e. The van der Waals surface area contributed by atoms with E-state index in [-0.39, 0.29) is 29.2 Å². The van der Waals surface area contributed by atoms with Crippen LogP contribution in [0.3, 0.4) is 0 Å². The van der Waals surface area contributed by atoms with E-state index in [9.17, 15) is 0 Å². The molecule has 0 aromatic carbocycles. The van der Waals surface area contributed by atoms with Crippen LogP contribution >= 0.6 is 23.7 Å². The minimum absolute atomic E-state index is 0. The van der Waals surface area contributed by atoms with Crippen LogP contribution in [0, 0.1) is 29.2 Å². The fourth-order valence-electron chi connectivity index (χ4n) is 0. The van der Waals surface area contributed by atoms with Crippen molar-refractivity contribution in [3.05, 3.63) is 0 Å². The maximum atomic E-state index is 4.26. The molecule has 0 radical (unpaired) electrons. The van der Waals surface area contributed by atoms with Crippen LogP contribution in [0.4, 0.5) is 0 Å². The number of hydrogen-bond acceptors (Lipinski definition) is 1. The van der Waals surface area contributed by atoms with Gasteiger partial charge in [0.2, 0.25) is 0 Å². The van der Waals surface area contributed by atoms with Crippen molar-refractivity contribution in [1.82, 2.24) is 0 Å². The maximum Gasteiger partial charge on any atom is 0.0832 e. The Labute approximate surface area is 56.5 Å². The van der Waals surface area contributed by atoms with E-state index in [4.69, 9.17) is 0 Å². The molecule has 0 aliphatic rings. The first-order valence-corrected chi connectivity index (χ1v) is 0.926. The summed E-state index contributed by atoms with van der Waals surface area (Å²) in [5.41, 5.74) is 0. The van der Waals surface area contributed by atoms with E-state index in [1.165, 1.54) is 0 Å². The van der Waals surface area contributed by atoms with Gasteiger partial charge in [-0.15, -0.1) is 0 Å². The van der Waals surface area contributed by atoms with Gasteiger partial charge in [-0.25, -0.2) is 0 Å². The first-order valence-electron chi connectivity index (χ1n) is 0.309. The Balaban J connectivity index is 0. The smallest absolute Gasteiger partial charge is 0.0832 e. The molecule has 1 nitrogen and oxygen atoms in total. The third-order valence-corrected chi connectivity index (χ3v) is 0. The second kappa shape index (κ2) is 8.82. The summed E-state index contributed by atoms with van der Waals surface area (Å²) < 4.78 is 3.19. The van der Waals surface area contributed by atoms with Gasteiger partial charge in [-0.3, -0.25) is 0 Å². The third kappa shape index (κ3) is 9.66. The molecule has 4 heavy (non-hydrogen) atoms. The van der Waals surface area contributed by atoms with Crippen molar-refractivity contribution >= 4 is 23.7 Å². The maximum absolute atomic E-state index is 4.26. The summed E-state index contributed by atoms with van der Waals surface area (Å²) in [6, 6.07) is 0. The van der Waals surface area contributed by atoms with Crippen LogP contribution in [0.25, 0.3) is 0 Å². The number of hydrogen-bond donors (Lipinski definition) is 0. The zero-order valence-electron chi connectivity index (χ0n) is 1.57. The minimum atomic E-state index is 0. The Morgan fingerprint density at radius 2 is 1.25 bits per heavy atom. The molecule has 0 fully saturated rings. The van der Waals surface area contributed by atoms with Gasteiger partial charge in [-0.05, 0) is 0 Å². The molecular formula is Cl2OPu. The van der Waals surface area contributed by atoms with Gasteiger partial charge < -0.3 is 0 Å². The average Bonchev–Trinajstić information content (AvgIpc) is 0.918. The van der Waals surface area contributed by atoms with E-state index in [0.717, 1.165) is 0 Å². The fraction of sp³-hybridized carbons (Fsp3) is 0. The van der Waals surface area contributed by atoms with Gasteiger partial charge in [0, 0.05) is 29.2 Å². The second-order valence-electron chi connectivity index (χ2n) is 0.0583. The molecular weight excluding hydrogens is 331 g/mol. The largest absolute Gasteiger partial charge is 0.166 e. The molecule has 0 saturated carbocycles. The standard InChI is InChI=1S/Cl2O.Pu/c1-3-2;. The molecule has 0 atom stereocenters. The second-order valence-corrected chi connectivity index (χ2v) is 0.525. The Morgan fingerprint density at radius 3 is 1.25 bits per heavy atom. The molecule has 0 aromatic heterocycles. The van der Waals surface area contributed by atoms with Crippen molar-refractivity contribution in [3.8, 4) is 0 Å². The van der Waals surface area contributed by atoms with Crippen LogP contribution in [0.2, 0.25) is 0 Å². The van der Waals surface area contributed by atoms with Crippen LogP contribution < -0.4 is 0 Å². The Bertz CT molecular complexity index is 6.00. The van der Waals surface area contributed by atoms with E-state index in [2.05, 4.69) is 27.6 Å². The van der Waals surface area contributed by atoms with E-state index < -0.39 is 0 Å². The van der Waals surface area contributed by atoms with Gasteiger partial charge in [0.1, 0.15) is 0 Å². The molecule has 0 amide bonds. The van der Waals surface area contributed by atoms with Crippen molar-refractivity contribution in [2.45, 2.75) is 0 Å². The normalized spacial score (nSPS) is 4.50. The summed E-state index contributed by atoms with van der Waals surface area (Å²) >= 11 is 8.53. The number of halogens is 2. The molecule has 0 aliphatic heterocycles. The predicted octanol–water partition coefficient (Wildman–Crippen LogP) is 1.31. The molecule has 0 bridgehead atoms. The van der Waals surface area contributed by atoms with Crippen LogP contribution in [0.1, 0.15) is 0 Å². The van der Waals surface area contributed by atoms with Crippen LogP contribution in [0.15, 0.2) is 0 Å². The van der Waals surface area contributed by atoms with Crippen LogP contribution in [0.5, 0.6) is 0 Å². The summed E-state index contributed by atoms with van der Waals surface area (Å²) in [5, 5.41) is 0. The topological polar surface area (TPSA) is 9.23 Å². The fourth-order valence-corrected chi connectivity index (χ4v) is 0. The Kier molecular flexibility index (Phi) is 20.1.